The Kier molecular flexibility index (Phi) is 4.84. The molecule has 0 saturated carbocycles. The SMILES string of the molecule is COc1ccc(/C(N)=N/O)cc1CN[C@H](C)c1ccco1. The minimum Gasteiger partial charge on any atom is -0.496 e. The van der Waals surface area contributed by atoms with E-state index in [1.54, 1.807) is 25.5 Å². The van der Waals surface area contributed by atoms with Crippen LogP contribution in [0.25, 0.3) is 0 Å². The van der Waals surface area contributed by atoms with Crippen molar-refractivity contribution in [3.8, 4) is 5.75 Å². The Bertz CT molecular complexity index is 609. The Morgan fingerprint density at radius 3 is 2.90 bits per heavy atom. The number of oxime groups is 1. The number of hydrogen-bond donors (Lipinski definition) is 3. The first kappa shape index (κ1) is 14.9. The number of hydrogen-bond acceptors (Lipinski definition) is 5. The average Bonchev–Trinajstić information content (AvgIpc) is 3.06. The van der Waals surface area contributed by atoms with Crippen LogP contribution >= 0.6 is 0 Å². The monoisotopic (exact) mass is 289 g/mol. The van der Waals surface area contributed by atoms with Gasteiger partial charge in [-0.15, -0.1) is 0 Å². The lowest BCUT2D eigenvalue weighted by molar-refractivity contribution is 0.318. The molecule has 0 unspecified atom stereocenters. The molecular formula is C15H19N3O3. The van der Waals surface area contributed by atoms with E-state index in [1.165, 1.54) is 0 Å². The fourth-order valence-electron chi connectivity index (χ4n) is 2.04. The van der Waals surface area contributed by atoms with Crippen molar-refractivity contribution in [1.29, 1.82) is 0 Å². The summed E-state index contributed by atoms with van der Waals surface area (Å²) in [6.07, 6.45) is 1.65. The van der Waals surface area contributed by atoms with E-state index in [-0.39, 0.29) is 11.9 Å². The number of furan rings is 1. The quantitative estimate of drug-likeness (QED) is 0.328. The summed E-state index contributed by atoms with van der Waals surface area (Å²) in [6.45, 7) is 2.58. The molecule has 0 radical (unpaired) electrons. The van der Waals surface area contributed by atoms with E-state index < -0.39 is 0 Å². The summed E-state index contributed by atoms with van der Waals surface area (Å²) in [6, 6.07) is 9.21. The topological polar surface area (TPSA) is 93.0 Å². The molecule has 112 valence electrons. The summed E-state index contributed by atoms with van der Waals surface area (Å²) in [4.78, 5) is 0. The maximum absolute atomic E-state index is 8.75. The molecule has 0 bridgehead atoms. The predicted molar refractivity (Wildman–Crippen MR) is 79.5 cm³/mol. The molecule has 0 spiro atoms. The number of methoxy groups -OCH3 is 1. The van der Waals surface area contributed by atoms with Gasteiger partial charge in [0.05, 0.1) is 19.4 Å². The third kappa shape index (κ3) is 3.55. The molecule has 4 N–H and O–H groups in total. The molecule has 1 heterocycles. The van der Waals surface area contributed by atoms with Gasteiger partial charge in [-0.25, -0.2) is 0 Å². The number of amidine groups is 1. The van der Waals surface area contributed by atoms with E-state index in [1.807, 2.05) is 25.1 Å². The second kappa shape index (κ2) is 6.81. The highest BCUT2D eigenvalue weighted by molar-refractivity contribution is 5.97. The predicted octanol–water partition coefficient (Wildman–Crippen LogP) is 2.23. The molecule has 0 amide bonds. The van der Waals surface area contributed by atoms with Crippen molar-refractivity contribution in [3.63, 3.8) is 0 Å². The highest BCUT2D eigenvalue weighted by atomic mass is 16.5. The van der Waals surface area contributed by atoms with Gasteiger partial charge < -0.3 is 25.4 Å². The smallest absolute Gasteiger partial charge is 0.170 e. The number of nitrogens with zero attached hydrogens (tertiary/aromatic N) is 1. The molecule has 6 nitrogen and oxygen atoms in total. The van der Waals surface area contributed by atoms with Gasteiger partial charge in [-0.1, -0.05) is 5.16 Å². The normalized spacial score (nSPS) is 13.1. The van der Waals surface area contributed by atoms with Crippen molar-refractivity contribution >= 4 is 5.84 Å². The van der Waals surface area contributed by atoms with Gasteiger partial charge in [-0.2, -0.15) is 0 Å². The Balaban J connectivity index is 2.14. The highest BCUT2D eigenvalue weighted by Gasteiger charge is 2.11. The van der Waals surface area contributed by atoms with Crippen molar-refractivity contribution in [3.05, 3.63) is 53.5 Å². The second-order valence-corrected chi connectivity index (χ2v) is 4.63. The molecule has 0 fully saturated rings. The van der Waals surface area contributed by atoms with E-state index in [4.69, 9.17) is 20.1 Å². The van der Waals surface area contributed by atoms with E-state index in [9.17, 15) is 0 Å². The third-order valence-corrected chi connectivity index (χ3v) is 3.25. The molecular weight excluding hydrogens is 270 g/mol. The zero-order chi connectivity index (χ0) is 15.2. The van der Waals surface area contributed by atoms with Crippen LogP contribution in [0.15, 0.2) is 46.2 Å². The maximum atomic E-state index is 8.75. The lowest BCUT2D eigenvalue weighted by atomic mass is 10.1. The first-order valence-corrected chi connectivity index (χ1v) is 6.57. The van der Waals surface area contributed by atoms with Crippen LogP contribution in [0.2, 0.25) is 0 Å². The summed E-state index contributed by atoms with van der Waals surface area (Å²) < 4.78 is 10.7. The molecule has 1 aromatic heterocycles. The van der Waals surface area contributed by atoms with Crippen LogP contribution in [0.1, 0.15) is 29.9 Å². The van der Waals surface area contributed by atoms with Crippen LogP contribution in [-0.4, -0.2) is 18.2 Å². The van der Waals surface area contributed by atoms with Crippen LogP contribution in [-0.2, 0) is 6.54 Å². The van der Waals surface area contributed by atoms with Gasteiger partial charge in [-0.05, 0) is 37.3 Å². The van der Waals surface area contributed by atoms with Crippen molar-refractivity contribution < 1.29 is 14.4 Å². The fraction of sp³-hybridized carbons (Fsp3) is 0.267. The fourth-order valence-corrected chi connectivity index (χ4v) is 2.04. The summed E-state index contributed by atoms with van der Waals surface area (Å²) in [5.74, 6) is 1.67. The summed E-state index contributed by atoms with van der Waals surface area (Å²) in [7, 11) is 1.61. The summed E-state index contributed by atoms with van der Waals surface area (Å²) in [5.41, 5.74) is 7.17. The molecule has 0 aliphatic heterocycles. The van der Waals surface area contributed by atoms with Crippen molar-refractivity contribution in [1.82, 2.24) is 5.32 Å². The minimum absolute atomic E-state index is 0.0669. The van der Waals surface area contributed by atoms with Crippen molar-refractivity contribution in [2.45, 2.75) is 19.5 Å². The van der Waals surface area contributed by atoms with Gasteiger partial charge in [0.2, 0.25) is 0 Å². The van der Waals surface area contributed by atoms with E-state index in [0.717, 1.165) is 17.1 Å². The Morgan fingerprint density at radius 1 is 1.48 bits per heavy atom. The molecule has 1 aromatic carbocycles. The minimum atomic E-state index is 0.0669. The standard InChI is InChI=1S/C15H19N3O3/c1-10(13-4-3-7-21-13)17-9-12-8-11(15(16)18-19)5-6-14(12)20-2/h3-8,10,17,19H,9H2,1-2H3,(H2,16,18)/t10-/m1/s1. The highest BCUT2D eigenvalue weighted by Crippen LogP contribution is 2.21. The van der Waals surface area contributed by atoms with Gasteiger partial charge in [0.15, 0.2) is 5.84 Å². The molecule has 6 heteroatoms. The van der Waals surface area contributed by atoms with E-state index in [0.29, 0.717) is 12.1 Å². The first-order valence-electron chi connectivity index (χ1n) is 6.57. The van der Waals surface area contributed by atoms with E-state index in [2.05, 4.69) is 10.5 Å². The van der Waals surface area contributed by atoms with Gasteiger partial charge >= 0.3 is 0 Å². The van der Waals surface area contributed by atoms with Crippen LogP contribution in [0.4, 0.5) is 0 Å². The van der Waals surface area contributed by atoms with Gasteiger partial charge in [0.1, 0.15) is 11.5 Å². The molecule has 1 atom stereocenters. The molecule has 21 heavy (non-hydrogen) atoms. The lowest BCUT2D eigenvalue weighted by Gasteiger charge is -2.14. The number of nitrogens with one attached hydrogen (secondary N) is 1. The van der Waals surface area contributed by atoms with Crippen LogP contribution < -0.4 is 15.8 Å². The molecule has 0 aliphatic carbocycles. The number of ether oxygens (including phenoxy) is 1. The average molecular weight is 289 g/mol. The van der Waals surface area contributed by atoms with Crippen molar-refractivity contribution in [2.75, 3.05) is 7.11 Å². The number of nitrogens with two attached hydrogens (primary N) is 1. The Morgan fingerprint density at radius 2 is 2.29 bits per heavy atom. The van der Waals surface area contributed by atoms with Crippen LogP contribution in [0.5, 0.6) is 5.75 Å². The molecule has 2 rings (SSSR count). The number of rotatable bonds is 6. The first-order chi connectivity index (χ1) is 10.2. The van der Waals surface area contributed by atoms with Crippen molar-refractivity contribution in [2.24, 2.45) is 10.9 Å². The van der Waals surface area contributed by atoms with E-state index >= 15 is 0 Å². The Hall–Kier alpha value is -2.47. The van der Waals surface area contributed by atoms with Gasteiger partial charge in [0.25, 0.3) is 0 Å². The number of benzene rings is 1. The summed E-state index contributed by atoms with van der Waals surface area (Å²) in [5, 5.41) is 15.1. The largest absolute Gasteiger partial charge is 0.496 e. The lowest BCUT2D eigenvalue weighted by Crippen LogP contribution is -2.19. The van der Waals surface area contributed by atoms with Crippen LogP contribution in [0.3, 0.4) is 0 Å². The third-order valence-electron chi connectivity index (χ3n) is 3.25. The zero-order valence-electron chi connectivity index (χ0n) is 12.0. The maximum Gasteiger partial charge on any atom is 0.170 e. The molecule has 0 aliphatic rings. The second-order valence-electron chi connectivity index (χ2n) is 4.63. The van der Waals surface area contributed by atoms with Gasteiger partial charge in [-0.3, -0.25) is 0 Å². The zero-order valence-corrected chi connectivity index (χ0v) is 12.0. The van der Waals surface area contributed by atoms with Gasteiger partial charge in [0, 0.05) is 17.7 Å². The summed E-state index contributed by atoms with van der Waals surface area (Å²) >= 11 is 0. The Labute approximate surface area is 123 Å². The van der Waals surface area contributed by atoms with Crippen LogP contribution in [0, 0.1) is 0 Å². The molecule has 2 aromatic rings. The molecule has 0 saturated heterocycles.